The van der Waals surface area contributed by atoms with Crippen LogP contribution in [0.4, 0.5) is 0 Å². The molecule has 5 nitrogen and oxygen atoms in total. The van der Waals surface area contributed by atoms with Gasteiger partial charge in [-0.3, -0.25) is 0 Å². The van der Waals surface area contributed by atoms with Crippen LogP contribution in [0.5, 0.6) is 0 Å². The summed E-state index contributed by atoms with van der Waals surface area (Å²) >= 11 is 0. The molecule has 266 valence electrons. The number of nitrogens with zero attached hydrogens (tertiary/aromatic N) is 4. The van der Waals surface area contributed by atoms with Gasteiger partial charge in [-0.1, -0.05) is 146 Å². The maximum Gasteiger partial charge on any atom is 0.180 e. The molecule has 0 saturated heterocycles. The van der Waals surface area contributed by atoms with Crippen LogP contribution in [0.25, 0.3) is 111 Å². The molecule has 0 fully saturated rings. The number of para-hydroxylation sites is 3. The Bertz CT molecular complexity index is 3490. The first-order chi connectivity index (χ1) is 28.3. The minimum absolute atomic E-state index is 0.656. The lowest BCUT2D eigenvalue weighted by molar-refractivity contribution is 0.668. The van der Waals surface area contributed by atoms with Crippen LogP contribution in [-0.2, 0) is 0 Å². The van der Waals surface area contributed by atoms with Crippen molar-refractivity contribution in [3.63, 3.8) is 0 Å². The lowest BCUT2D eigenvalue weighted by Crippen LogP contribution is -1.97. The van der Waals surface area contributed by atoms with Crippen molar-refractivity contribution in [1.82, 2.24) is 19.1 Å². The Labute approximate surface area is 327 Å². The molecule has 12 aromatic rings. The van der Waals surface area contributed by atoms with Gasteiger partial charge < -0.3 is 13.6 Å². The molecular formula is C52H32N4O. The van der Waals surface area contributed by atoms with Crippen molar-refractivity contribution < 1.29 is 4.42 Å². The number of rotatable bonds is 5. The van der Waals surface area contributed by atoms with Crippen molar-refractivity contribution in [2.45, 2.75) is 0 Å². The van der Waals surface area contributed by atoms with E-state index in [1.54, 1.807) is 0 Å². The molecule has 0 aliphatic rings. The summed E-state index contributed by atoms with van der Waals surface area (Å²) < 4.78 is 11.6. The van der Waals surface area contributed by atoms with Crippen LogP contribution >= 0.6 is 0 Å². The number of hydrogen-bond donors (Lipinski definition) is 0. The van der Waals surface area contributed by atoms with Crippen molar-refractivity contribution in [1.29, 1.82) is 0 Å². The predicted molar refractivity (Wildman–Crippen MR) is 234 cm³/mol. The lowest BCUT2D eigenvalue weighted by Gasteiger charge is -2.11. The quantitative estimate of drug-likeness (QED) is 0.177. The minimum atomic E-state index is 0.656. The van der Waals surface area contributed by atoms with Gasteiger partial charge in [-0.05, 0) is 59.7 Å². The van der Waals surface area contributed by atoms with Crippen molar-refractivity contribution in [2.75, 3.05) is 0 Å². The molecule has 0 amide bonds. The highest BCUT2D eigenvalue weighted by Gasteiger charge is 2.22. The van der Waals surface area contributed by atoms with Gasteiger partial charge in [0.2, 0.25) is 0 Å². The Balaban J connectivity index is 1.11. The summed E-state index contributed by atoms with van der Waals surface area (Å²) in [6.07, 6.45) is 0. The second kappa shape index (κ2) is 12.4. The maximum atomic E-state index is 6.80. The first-order valence-corrected chi connectivity index (χ1v) is 19.2. The standard InChI is InChI=1S/C52H32N4O/c1-4-14-33(15-5-1)34-24-26-36(27-25-34)52-53-49(35-16-6-2-7-17-35)51-50(54-52)43-31-47-42(32-48(43)57-51)40-21-11-13-23-45(40)56(47)38-28-29-41-39-20-10-12-22-44(39)55(46(41)30-38)37-18-8-3-9-19-37/h1-32H. The summed E-state index contributed by atoms with van der Waals surface area (Å²) in [5.41, 5.74) is 14.0. The number of hydrogen-bond acceptors (Lipinski definition) is 3. The molecule has 12 rings (SSSR count). The molecule has 0 spiro atoms. The van der Waals surface area contributed by atoms with E-state index in [0.29, 0.717) is 11.4 Å². The normalized spacial score (nSPS) is 11.9. The van der Waals surface area contributed by atoms with Gasteiger partial charge in [0.25, 0.3) is 0 Å². The van der Waals surface area contributed by atoms with Crippen molar-refractivity contribution >= 4 is 65.7 Å². The second-order valence-corrected chi connectivity index (χ2v) is 14.6. The van der Waals surface area contributed by atoms with Gasteiger partial charge in [-0.25, -0.2) is 9.97 Å². The summed E-state index contributed by atoms with van der Waals surface area (Å²) in [4.78, 5) is 10.5. The molecule has 0 bridgehead atoms. The molecule has 4 aromatic heterocycles. The van der Waals surface area contributed by atoms with E-state index in [9.17, 15) is 0 Å². The van der Waals surface area contributed by atoms with E-state index < -0.39 is 0 Å². The van der Waals surface area contributed by atoms with E-state index in [0.717, 1.165) is 77.6 Å². The highest BCUT2D eigenvalue weighted by Crippen LogP contribution is 2.42. The third kappa shape index (κ3) is 4.89. The summed E-state index contributed by atoms with van der Waals surface area (Å²) in [6.45, 7) is 0. The molecule has 0 saturated carbocycles. The van der Waals surface area contributed by atoms with E-state index >= 15 is 0 Å². The average molecular weight is 729 g/mol. The number of furan rings is 1. The van der Waals surface area contributed by atoms with Crippen LogP contribution in [0.2, 0.25) is 0 Å². The Kier molecular flexibility index (Phi) is 6.86. The molecule has 57 heavy (non-hydrogen) atoms. The molecule has 0 aliphatic carbocycles. The van der Waals surface area contributed by atoms with Crippen LogP contribution in [0.15, 0.2) is 199 Å². The van der Waals surface area contributed by atoms with Crippen LogP contribution in [0, 0.1) is 0 Å². The molecule has 0 N–H and O–H groups in total. The first kappa shape index (κ1) is 31.6. The molecule has 0 unspecified atom stereocenters. The molecule has 8 aromatic carbocycles. The molecule has 0 radical (unpaired) electrons. The number of aromatic nitrogens is 4. The van der Waals surface area contributed by atoms with E-state index in [-0.39, 0.29) is 0 Å². The average Bonchev–Trinajstić information content (AvgIpc) is 3.93. The zero-order chi connectivity index (χ0) is 37.5. The number of fused-ring (bicyclic) bond motifs is 9. The van der Waals surface area contributed by atoms with Gasteiger partial charge in [-0.15, -0.1) is 0 Å². The van der Waals surface area contributed by atoms with Gasteiger partial charge in [0.15, 0.2) is 11.4 Å². The van der Waals surface area contributed by atoms with E-state index in [1.165, 1.54) is 21.9 Å². The fourth-order valence-electron chi connectivity index (χ4n) is 8.70. The summed E-state index contributed by atoms with van der Waals surface area (Å²) in [6, 6.07) is 68.4. The first-order valence-electron chi connectivity index (χ1n) is 19.2. The van der Waals surface area contributed by atoms with Crippen molar-refractivity contribution in [3.05, 3.63) is 194 Å². The van der Waals surface area contributed by atoms with E-state index in [1.807, 2.05) is 24.3 Å². The van der Waals surface area contributed by atoms with Crippen LogP contribution < -0.4 is 0 Å². The molecule has 5 heteroatoms. The molecular weight excluding hydrogens is 697 g/mol. The Hall–Kier alpha value is -7.76. The van der Waals surface area contributed by atoms with Gasteiger partial charge in [-0.2, -0.15) is 0 Å². The third-order valence-electron chi connectivity index (χ3n) is 11.3. The predicted octanol–water partition coefficient (Wildman–Crippen LogP) is 13.6. The topological polar surface area (TPSA) is 48.8 Å². The van der Waals surface area contributed by atoms with Gasteiger partial charge in [0, 0.05) is 49.4 Å². The zero-order valence-corrected chi connectivity index (χ0v) is 30.7. The van der Waals surface area contributed by atoms with Gasteiger partial charge >= 0.3 is 0 Å². The van der Waals surface area contributed by atoms with Crippen molar-refractivity contribution in [2.24, 2.45) is 0 Å². The fraction of sp³-hybridized carbons (Fsp3) is 0. The van der Waals surface area contributed by atoms with Crippen molar-refractivity contribution in [3.8, 4) is 45.1 Å². The molecule has 0 atom stereocenters. The Morgan fingerprint density at radius 1 is 0.351 bits per heavy atom. The van der Waals surface area contributed by atoms with E-state index in [2.05, 4.69) is 179 Å². The Morgan fingerprint density at radius 2 is 0.895 bits per heavy atom. The zero-order valence-electron chi connectivity index (χ0n) is 30.7. The summed E-state index contributed by atoms with van der Waals surface area (Å²) in [5.74, 6) is 0.656. The largest absolute Gasteiger partial charge is 0.452 e. The summed E-state index contributed by atoms with van der Waals surface area (Å²) in [5, 5.41) is 5.68. The number of benzene rings is 8. The van der Waals surface area contributed by atoms with E-state index in [4.69, 9.17) is 14.4 Å². The third-order valence-corrected chi connectivity index (χ3v) is 11.3. The Morgan fingerprint density at radius 3 is 1.61 bits per heavy atom. The molecule has 0 aliphatic heterocycles. The van der Waals surface area contributed by atoms with Crippen LogP contribution in [0.3, 0.4) is 0 Å². The summed E-state index contributed by atoms with van der Waals surface area (Å²) in [7, 11) is 0. The second-order valence-electron chi connectivity index (χ2n) is 14.6. The maximum absolute atomic E-state index is 6.80. The fourth-order valence-corrected chi connectivity index (χ4v) is 8.70. The van der Waals surface area contributed by atoms with Crippen LogP contribution in [0.1, 0.15) is 0 Å². The highest BCUT2D eigenvalue weighted by molar-refractivity contribution is 6.18. The highest BCUT2D eigenvalue weighted by atomic mass is 16.3. The smallest absolute Gasteiger partial charge is 0.180 e. The molecule has 4 heterocycles. The van der Waals surface area contributed by atoms with Gasteiger partial charge in [0.1, 0.15) is 16.8 Å². The van der Waals surface area contributed by atoms with Gasteiger partial charge in [0.05, 0.1) is 22.1 Å². The SMILES string of the molecule is c1ccc(-c2ccc(-c3nc(-c4ccccc4)c4oc5cc6c7ccccc7n(-c7ccc8c9ccccc9n(-c9ccccc9)c8c7)c6cc5c4n3)cc2)cc1. The lowest BCUT2D eigenvalue weighted by atomic mass is 10.0. The van der Waals surface area contributed by atoms with Crippen LogP contribution in [-0.4, -0.2) is 19.1 Å². The monoisotopic (exact) mass is 728 g/mol. The minimum Gasteiger partial charge on any atom is -0.452 e.